The minimum Gasteiger partial charge on any atom is -0.497 e. The summed E-state index contributed by atoms with van der Waals surface area (Å²) in [5, 5.41) is 0. The number of piperazine rings is 1. The Morgan fingerprint density at radius 3 is 2.08 bits per heavy atom. The maximum Gasteiger partial charge on any atom is 0.260 e. The van der Waals surface area contributed by atoms with Crippen LogP contribution >= 0.6 is 0 Å². The molecule has 1 fully saturated rings. The molecule has 0 aliphatic carbocycles. The van der Waals surface area contributed by atoms with Gasteiger partial charge in [-0.05, 0) is 72.6 Å². The number of ether oxygens (including phenoxy) is 4. The Balaban J connectivity index is 1.22. The van der Waals surface area contributed by atoms with Gasteiger partial charge in [-0.2, -0.15) is 0 Å². The van der Waals surface area contributed by atoms with Gasteiger partial charge in [0.1, 0.15) is 11.5 Å². The van der Waals surface area contributed by atoms with Crippen LogP contribution in [0.3, 0.4) is 0 Å². The predicted molar refractivity (Wildman–Crippen MR) is 152 cm³/mol. The lowest BCUT2D eigenvalue weighted by Crippen LogP contribution is -2.50. The number of carbonyl (C=O) groups is 1. The minimum absolute atomic E-state index is 0.108. The van der Waals surface area contributed by atoms with Gasteiger partial charge in [-0.1, -0.05) is 6.07 Å². The highest BCUT2D eigenvalue weighted by atomic mass is 32.2. The standard InChI is InChI=1S/C29H35N3O7S/c1-36-24-7-5-23(6-8-24)31-16-18-32(19-17-31)29(33)21-39-25-9-11-26(12-10-25)40(34,35)30-15-14-22-4-13-27(37-2)28(20-22)38-3/h4-13,20,30H,14-19,21H2,1-3H3. The number of hydrogen-bond donors (Lipinski definition) is 1. The van der Waals surface area contributed by atoms with Crippen LogP contribution in [0.25, 0.3) is 0 Å². The summed E-state index contributed by atoms with van der Waals surface area (Å²) in [5.74, 6) is 2.33. The third-order valence-electron chi connectivity index (χ3n) is 6.72. The predicted octanol–water partition coefficient (Wildman–Crippen LogP) is 2.96. The van der Waals surface area contributed by atoms with Gasteiger partial charge in [0.05, 0.1) is 26.2 Å². The molecule has 0 saturated carbocycles. The Hall–Kier alpha value is -3.96. The number of methoxy groups -OCH3 is 3. The second-order valence-corrected chi connectivity index (χ2v) is 10.9. The maximum atomic E-state index is 12.7. The van der Waals surface area contributed by atoms with Gasteiger partial charge in [0.15, 0.2) is 18.1 Å². The van der Waals surface area contributed by atoms with Crippen LogP contribution in [0, 0.1) is 0 Å². The zero-order valence-electron chi connectivity index (χ0n) is 23.0. The number of nitrogens with zero attached hydrogens (tertiary/aromatic N) is 2. The third kappa shape index (κ3) is 7.36. The van der Waals surface area contributed by atoms with Crippen LogP contribution in [0.1, 0.15) is 5.56 Å². The molecule has 10 nitrogen and oxygen atoms in total. The molecule has 0 atom stereocenters. The van der Waals surface area contributed by atoms with Gasteiger partial charge in [0.25, 0.3) is 5.91 Å². The Kier molecular flexibility index (Phi) is 9.73. The molecule has 1 heterocycles. The SMILES string of the molecule is COc1ccc(N2CCN(C(=O)COc3ccc(S(=O)(=O)NCCc4ccc(OC)c(OC)c4)cc3)CC2)cc1. The number of anilines is 1. The summed E-state index contributed by atoms with van der Waals surface area (Å²) in [6.45, 7) is 2.75. The highest BCUT2D eigenvalue weighted by Gasteiger charge is 2.22. The Morgan fingerprint density at radius 2 is 1.45 bits per heavy atom. The van der Waals surface area contributed by atoms with Crippen LogP contribution in [0.5, 0.6) is 23.0 Å². The van der Waals surface area contributed by atoms with E-state index in [9.17, 15) is 13.2 Å². The first-order valence-corrected chi connectivity index (χ1v) is 14.4. The van der Waals surface area contributed by atoms with Crippen molar-refractivity contribution in [1.29, 1.82) is 0 Å². The van der Waals surface area contributed by atoms with Crippen molar-refractivity contribution in [3.63, 3.8) is 0 Å². The first kappa shape index (κ1) is 29.0. The number of benzene rings is 3. The second kappa shape index (κ2) is 13.4. The summed E-state index contributed by atoms with van der Waals surface area (Å²) in [5.41, 5.74) is 2.01. The van der Waals surface area contributed by atoms with Crippen molar-refractivity contribution in [2.24, 2.45) is 0 Å². The molecule has 0 aromatic heterocycles. The molecule has 1 aliphatic heterocycles. The van der Waals surface area contributed by atoms with Crippen LogP contribution in [0.4, 0.5) is 5.69 Å². The molecule has 3 aromatic carbocycles. The lowest BCUT2D eigenvalue weighted by atomic mass is 10.1. The van der Waals surface area contributed by atoms with Crippen molar-refractivity contribution in [3.05, 3.63) is 72.3 Å². The number of sulfonamides is 1. The number of nitrogens with one attached hydrogen (secondary N) is 1. The molecule has 1 saturated heterocycles. The first-order valence-electron chi connectivity index (χ1n) is 12.9. The summed E-state index contributed by atoms with van der Waals surface area (Å²) in [7, 11) is 1.05. The summed E-state index contributed by atoms with van der Waals surface area (Å²) in [4.78, 5) is 16.8. The number of carbonyl (C=O) groups excluding carboxylic acids is 1. The monoisotopic (exact) mass is 569 g/mol. The highest BCUT2D eigenvalue weighted by Crippen LogP contribution is 2.27. The summed E-state index contributed by atoms with van der Waals surface area (Å²) in [6, 6.07) is 19.4. The molecule has 3 aromatic rings. The quantitative estimate of drug-likeness (QED) is 0.355. The highest BCUT2D eigenvalue weighted by molar-refractivity contribution is 7.89. The van der Waals surface area contributed by atoms with Gasteiger partial charge < -0.3 is 28.7 Å². The van der Waals surface area contributed by atoms with E-state index in [0.29, 0.717) is 36.8 Å². The largest absolute Gasteiger partial charge is 0.497 e. The summed E-state index contributed by atoms with van der Waals surface area (Å²) in [6.07, 6.45) is 0.483. The zero-order valence-corrected chi connectivity index (χ0v) is 23.8. The van der Waals surface area contributed by atoms with Crippen LogP contribution in [-0.2, 0) is 21.2 Å². The molecule has 0 bridgehead atoms. The van der Waals surface area contributed by atoms with Crippen LogP contribution in [0.2, 0.25) is 0 Å². The van der Waals surface area contributed by atoms with Crippen molar-refractivity contribution >= 4 is 21.6 Å². The van der Waals surface area contributed by atoms with E-state index in [4.69, 9.17) is 18.9 Å². The fourth-order valence-corrected chi connectivity index (χ4v) is 5.44. The molecule has 0 unspecified atom stereocenters. The first-order chi connectivity index (χ1) is 19.3. The Bertz CT molecular complexity index is 1370. The Morgan fingerprint density at radius 1 is 0.800 bits per heavy atom. The minimum atomic E-state index is -3.70. The molecule has 4 rings (SSSR count). The number of amides is 1. The smallest absolute Gasteiger partial charge is 0.260 e. The van der Waals surface area contributed by atoms with Gasteiger partial charge in [-0.3, -0.25) is 4.79 Å². The lowest BCUT2D eigenvalue weighted by molar-refractivity contribution is -0.133. The molecule has 0 radical (unpaired) electrons. The van der Waals surface area contributed by atoms with Crippen molar-refractivity contribution in [2.45, 2.75) is 11.3 Å². The van der Waals surface area contributed by atoms with Crippen molar-refractivity contribution in [3.8, 4) is 23.0 Å². The second-order valence-electron chi connectivity index (χ2n) is 9.16. The van der Waals surface area contributed by atoms with E-state index in [-0.39, 0.29) is 24.0 Å². The van der Waals surface area contributed by atoms with E-state index in [0.717, 1.165) is 30.1 Å². The average molecular weight is 570 g/mol. The van der Waals surface area contributed by atoms with Gasteiger partial charge in [0, 0.05) is 38.4 Å². The molecule has 214 valence electrons. The van der Waals surface area contributed by atoms with Gasteiger partial charge in [0.2, 0.25) is 10.0 Å². The van der Waals surface area contributed by atoms with Crippen molar-refractivity contribution in [2.75, 3.05) is 65.6 Å². The normalized spacial score (nSPS) is 13.6. The molecular formula is C29H35N3O7S. The fourth-order valence-electron chi connectivity index (χ4n) is 4.41. The third-order valence-corrected chi connectivity index (χ3v) is 8.20. The molecule has 1 N–H and O–H groups in total. The lowest BCUT2D eigenvalue weighted by Gasteiger charge is -2.36. The van der Waals surface area contributed by atoms with Gasteiger partial charge in [-0.25, -0.2) is 13.1 Å². The molecule has 1 aliphatic rings. The fraction of sp³-hybridized carbons (Fsp3) is 0.345. The van der Waals surface area contributed by atoms with Gasteiger partial charge in [-0.15, -0.1) is 0 Å². The zero-order chi connectivity index (χ0) is 28.5. The Labute approximate surface area is 235 Å². The van der Waals surface area contributed by atoms with E-state index >= 15 is 0 Å². The number of hydrogen-bond acceptors (Lipinski definition) is 8. The topological polar surface area (TPSA) is 107 Å². The number of rotatable bonds is 12. The molecular weight excluding hydrogens is 534 g/mol. The molecule has 40 heavy (non-hydrogen) atoms. The van der Waals surface area contributed by atoms with Crippen LogP contribution < -0.4 is 28.6 Å². The molecule has 11 heteroatoms. The van der Waals surface area contributed by atoms with Crippen LogP contribution in [0.15, 0.2) is 71.6 Å². The summed E-state index contributed by atoms with van der Waals surface area (Å²) >= 11 is 0. The van der Waals surface area contributed by atoms with E-state index in [1.54, 1.807) is 44.4 Å². The van der Waals surface area contributed by atoms with E-state index in [2.05, 4.69) is 9.62 Å². The average Bonchev–Trinajstić information content (AvgIpc) is 3.00. The van der Waals surface area contributed by atoms with E-state index < -0.39 is 10.0 Å². The maximum absolute atomic E-state index is 12.7. The van der Waals surface area contributed by atoms with Crippen LogP contribution in [-0.4, -0.2) is 79.9 Å². The van der Waals surface area contributed by atoms with E-state index in [1.807, 2.05) is 36.4 Å². The van der Waals surface area contributed by atoms with E-state index in [1.165, 1.54) is 12.1 Å². The molecule has 1 amide bonds. The van der Waals surface area contributed by atoms with Crippen molar-refractivity contribution < 1.29 is 32.2 Å². The summed E-state index contributed by atoms with van der Waals surface area (Å²) < 4.78 is 49.4. The van der Waals surface area contributed by atoms with Gasteiger partial charge >= 0.3 is 0 Å². The van der Waals surface area contributed by atoms with Crippen molar-refractivity contribution in [1.82, 2.24) is 9.62 Å². The molecule has 0 spiro atoms.